The molecule has 0 amide bonds. The molecule has 0 bridgehead atoms. The summed E-state index contributed by atoms with van der Waals surface area (Å²) in [5.74, 6) is 0. The van der Waals surface area contributed by atoms with E-state index in [1.165, 1.54) is 36.9 Å². The average molecular weight is 215 g/mol. The van der Waals surface area contributed by atoms with E-state index in [4.69, 9.17) is 0 Å². The van der Waals surface area contributed by atoms with Crippen LogP contribution in [0.15, 0.2) is 36.9 Å². The fraction of sp³-hybridized carbons (Fsp3) is 0.467. The van der Waals surface area contributed by atoms with Crippen LogP contribution in [0.25, 0.3) is 0 Å². The minimum Gasteiger partial charge on any atom is -0.292 e. The molecule has 0 N–H and O–H groups in total. The predicted octanol–water partition coefficient (Wildman–Crippen LogP) is 3.40. The van der Waals surface area contributed by atoms with Gasteiger partial charge in [-0.25, -0.2) is 0 Å². The molecule has 2 rings (SSSR count). The molecule has 1 nitrogen and oxygen atoms in total. The van der Waals surface area contributed by atoms with Gasteiger partial charge in [-0.05, 0) is 24.0 Å². The first-order valence-electron chi connectivity index (χ1n) is 6.28. The van der Waals surface area contributed by atoms with E-state index in [1.807, 2.05) is 0 Å². The maximum absolute atomic E-state index is 3.97. The second-order valence-corrected chi connectivity index (χ2v) is 4.58. The van der Waals surface area contributed by atoms with Crippen LogP contribution in [-0.4, -0.2) is 17.5 Å². The summed E-state index contributed by atoms with van der Waals surface area (Å²) in [7, 11) is 0. The summed E-state index contributed by atoms with van der Waals surface area (Å²) in [4.78, 5) is 2.55. The van der Waals surface area contributed by atoms with Gasteiger partial charge in [0.05, 0.1) is 0 Å². The molecule has 1 unspecified atom stereocenters. The lowest BCUT2D eigenvalue weighted by molar-refractivity contribution is 0.201. The van der Waals surface area contributed by atoms with E-state index < -0.39 is 0 Å². The number of benzene rings is 1. The van der Waals surface area contributed by atoms with Crippen LogP contribution in [0.5, 0.6) is 0 Å². The fourth-order valence-corrected chi connectivity index (χ4v) is 2.55. The van der Waals surface area contributed by atoms with Crippen molar-refractivity contribution in [1.29, 1.82) is 0 Å². The Balaban J connectivity index is 2.09. The molecular weight excluding hydrogens is 194 g/mol. The summed E-state index contributed by atoms with van der Waals surface area (Å²) < 4.78 is 0. The predicted molar refractivity (Wildman–Crippen MR) is 69.4 cm³/mol. The van der Waals surface area contributed by atoms with Gasteiger partial charge >= 0.3 is 0 Å². The summed E-state index contributed by atoms with van der Waals surface area (Å²) in [6.45, 7) is 8.48. The molecule has 0 saturated heterocycles. The van der Waals surface area contributed by atoms with Crippen LogP contribution in [0.2, 0.25) is 0 Å². The van der Waals surface area contributed by atoms with E-state index in [2.05, 4.69) is 48.7 Å². The third kappa shape index (κ3) is 2.35. The molecule has 0 fully saturated rings. The first kappa shape index (κ1) is 11.4. The van der Waals surface area contributed by atoms with Crippen LogP contribution in [0.3, 0.4) is 0 Å². The van der Waals surface area contributed by atoms with Gasteiger partial charge in [0, 0.05) is 19.1 Å². The molecule has 0 aliphatic carbocycles. The van der Waals surface area contributed by atoms with Crippen molar-refractivity contribution in [1.82, 2.24) is 4.90 Å². The van der Waals surface area contributed by atoms with Crippen LogP contribution in [0.1, 0.15) is 30.9 Å². The maximum atomic E-state index is 3.97. The largest absolute Gasteiger partial charge is 0.292 e. The molecule has 1 atom stereocenters. The summed E-state index contributed by atoms with van der Waals surface area (Å²) in [6, 6.07) is 9.36. The standard InChI is InChI=1S/C15H21N/c1-3-7-15(4-2)16-11-10-13-8-5-6-9-14(13)12-16/h4-6,8-9,15H,2-3,7,10-12H2,1H3. The third-order valence-corrected chi connectivity index (χ3v) is 3.49. The van der Waals surface area contributed by atoms with E-state index in [0.717, 1.165) is 6.54 Å². The molecule has 0 radical (unpaired) electrons. The molecule has 1 aromatic rings. The van der Waals surface area contributed by atoms with E-state index in [1.54, 1.807) is 0 Å². The highest BCUT2D eigenvalue weighted by atomic mass is 15.2. The van der Waals surface area contributed by atoms with Gasteiger partial charge in [-0.1, -0.05) is 43.7 Å². The average Bonchev–Trinajstić information content (AvgIpc) is 2.35. The Kier molecular flexibility index (Phi) is 3.79. The lowest BCUT2D eigenvalue weighted by Gasteiger charge is -2.34. The van der Waals surface area contributed by atoms with E-state index >= 15 is 0 Å². The SMILES string of the molecule is C=CC(CCC)N1CCc2ccccc2C1. The highest BCUT2D eigenvalue weighted by Crippen LogP contribution is 2.22. The van der Waals surface area contributed by atoms with Gasteiger partial charge in [-0.15, -0.1) is 6.58 Å². The molecule has 0 aromatic heterocycles. The summed E-state index contributed by atoms with van der Waals surface area (Å²) in [5.41, 5.74) is 3.02. The molecule has 1 heteroatoms. The van der Waals surface area contributed by atoms with Crippen molar-refractivity contribution < 1.29 is 0 Å². The highest BCUT2D eigenvalue weighted by Gasteiger charge is 2.20. The number of fused-ring (bicyclic) bond motifs is 1. The smallest absolute Gasteiger partial charge is 0.0279 e. The Morgan fingerprint density at radius 2 is 2.12 bits per heavy atom. The molecule has 0 saturated carbocycles. The van der Waals surface area contributed by atoms with Crippen molar-refractivity contribution in [2.75, 3.05) is 6.54 Å². The Bertz CT molecular complexity index is 356. The number of hydrogen-bond donors (Lipinski definition) is 0. The summed E-state index contributed by atoms with van der Waals surface area (Å²) >= 11 is 0. The lowest BCUT2D eigenvalue weighted by Crippen LogP contribution is -2.38. The van der Waals surface area contributed by atoms with Crippen LogP contribution in [-0.2, 0) is 13.0 Å². The molecule has 16 heavy (non-hydrogen) atoms. The monoisotopic (exact) mass is 215 g/mol. The highest BCUT2D eigenvalue weighted by molar-refractivity contribution is 5.29. The van der Waals surface area contributed by atoms with E-state index in [0.29, 0.717) is 6.04 Å². The Hall–Kier alpha value is -1.08. The van der Waals surface area contributed by atoms with Crippen molar-refractivity contribution >= 4 is 0 Å². The Labute approximate surface area is 98.8 Å². The normalized spacial score (nSPS) is 17.8. The summed E-state index contributed by atoms with van der Waals surface area (Å²) in [6.07, 6.45) is 5.75. The second kappa shape index (κ2) is 5.31. The van der Waals surface area contributed by atoms with Gasteiger partial charge in [-0.2, -0.15) is 0 Å². The Morgan fingerprint density at radius 3 is 2.81 bits per heavy atom. The molecule has 1 heterocycles. The molecular formula is C15H21N. The topological polar surface area (TPSA) is 3.24 Å². The first-order chi connectivity index (χ1) is 7.85. The van der Waals surface area contributed by atoms with E-state index in [-0.39, 0.29) is 0 Å². The van der Waals surface area contributed by atoms with Crippen molar-refractivity contribution in [3.8, 4) is 0 Å². The van der Waals surface area contributed by atoms with Crippen molar-refractivity contribution in [2.45, 2.75) is 38.8 Å². The zero-order valence-corrected chi connectivity index (χ0v) is 10.2. The first-order valence-corrected chi connectivity index (χ1v) is 6.28. The van der Waals surface area contributed by atoms with Crippen LogP contribution in [0, 0.1) is 0 Å². The van der Waals surface area contributed by atoms with Gasteiger partial charge in [0.15, 0.2) is 0 Å². The fourth-order valence-electron chi connectivity index (χ4n) is 2.55. The molecule has 0 spiro atoms. The van der Waals surface area contributed by atoms with E-state index in [9.17, 15) is 0 Å². The molecule has 86 valence electrons. The van der Waals surface area contributed by atoms with Crippen LogP contribution >= 0.6 is 0 Å². The number of hydrogen-bond acceptors (Lipinski definition) is 1. The maximum Gasteiger partial charge on any atom is 0.0279 e. The zero-order valence-electron chi connectivity index (χ0n) is 10.2. The van der Waals surface area contributed by atoms with Crippen LogP contribution in [0.4, 0.5) is 0 Å². The van der Waals surface area contributed by atoms with Gasteiger partial charge in [0.25, 0.3) is 0 Å². The van der Waals surface area contributed by atoms with Gasteiger partial charge in [0.1, 0.15) is 0 Å². The minimum absolute atomic E-state index is 0.554. The number of rotatable bonds is 4. The van der Waals surface area contributed by atoms with Crippen molar-refractivity contribution in [3.05, 3.63) is 48.0 Å². The minimum atomic E-state index is 0.554. The van der Waals surface area contributed by atoms with Crippen LogP contribution < -0.4 is 0 Å². The third-order valence-electron chi connectivity index (χ3n) is 3.49. The van der Waals surface area contributed by atoms with Gasteiger partial charge in [-0.3, -0.25) is 4.90 Å². The zero-order chi connectivity index (χ0) is 11.4. The lowest BCUT2D eigenvalue weighted by atomic mass is 9.97. The van der Waals surface area contributed by atoms with Gasteiger partial charge in [0.2, 0.25) is 0 Å². The second-order valence-electron chi connectivity index (χ2n) is 4.58. The number of nitrogens with zero attached hydrogens (tertiary/aromatic N) is 1. The van der Waals surface area contributed by atoms with Gasteiger partial charge < -0.3 is 0 Å². The molecule has 1 aromatic carbocycles. The van der Waals surface area contributed by atoms with Crippen molar-refractivity contribution in [3.63, 3.8) is 0 Å². The quantitative estimate of drug-likeness (QED) is 0.696. The van der Waals surface area contributed by atoms with Crippen molar-refractivity contribution in [2.24, 2.45) is 0 Å². The Morgan fingerprint density at radius 1 is 1.38 bits per heavy atom. The molecule has 1 aliphatic rings. The summed E-state index contributed by atoms with van der Waals surface area (Å²) in [5, 5.41) is 0. The molecule has 1 aliphatic heterocycles.